The Bertz CT molecular complexity index is 721. The highest BCUT2D eigenvalue weighted by molar-refractivity contribution is 5.93. The molecule has 0 aliphatic heterocycles. The Morgan fingerprint density at radius 1 is 1.08 bits per heavy atom. The normalized spacial score (nSPS) is 15.1. The molecule has 1 aromatic heterocycles. The number of carbonyl (C=O) groups excluding carboxylic acids is 1. The number of aryl methyl sites for hydroxylation is 2. The average Bonchev–Trinajstić information content (AvgIpc) is 2.59. The van der Waals surface area contributed by atoms with Gasteiger partial charge in [-0.15, -0.1) is 0 Å². The number of hydrogen-bond acceptors (Lipinski definition) is 3. The number of aromatic nitrogens is 1. The highest BCUT2D eigenvalue weighted by Crippen LogP contribution is 2.22. The van der Waals surface area contributed by atoms with Crippen molar-refractivity contribution >= 4 is 17.3 Å². The lowest BCUT2D eigenvalue weighted by Gasteiger charge is -2.22. The number of anilines is 2. The van der Waals surface area contributed by atoms with Gasteiger partial charge in [-0.1, -0.05) is 31.4 Å². The zero-order chi connectivity index (χ0) is 16.9. The second kappa shape index (κ2) is 7.47. The molecule has 0 atom stereocenters. The number of carbonyl (C=O) groups is 1. The van der Waals surface area contributed by atoms with E-state index in [1.165, 1.54) is 30.4 Å². The van der Waals surface area contributed by atoms with Crippen LogP contribution in [0.2, 0.25) is 0 Å². The van der Waals surface area contributed by atoms with E-state index in [9.17, 15) is 4.79 Å². The van der Waals surface area contributed by atoms with Gasteiger partial charge in [0.25, 0.3) is 5.91 Å². The first kappa shape index (κ1) is 16.5. The number of nitrogens with one attached hydrogen (secondary N) is 2. The maximum Gasteiger partial charge on any atom is 0.270 e. The van der Waals surface area contributed by atoms with Crippen LogP contribution in [-0.4, -0.2) is 16.9 Å². The zero-order valence-electron chi connectivity index (χ0n) is 14.4. The number of nitrogens with zero attached hydrogens (tertiary/aromatic N) is 1. The van der Waals surface area contributed by atoms with Gasteiger partial charge < -0.3 is 10.6 Å². The largest absolute Gasteiger partial charge is 0.355 e. The summed E-state index contributed by atoms with van der Waals surface area (Å²) in [7, 11) is 0. The van der Waals surface area contributed by atoms with Crippen LogP contribution in [0.4, 0.5) is 11.4 Å². The first-order valence-electron chi connectivity index (χ1n) is 8.73. The predicted molar refractivity (Wildman–Crippen MR) is 97.8 cm³/mol. The van der Waals surface area contributed by atoms with Crippen LogP contribution >= 0.6 is 0 Å². The number of pyridine rings is 1. The molecule has 1 amide bonds. The number of hydrogen-bond donors (Lipinski definition) is 2. The maximum atomic E-state index is 12.4. The minimum absolute atomic E-state index is 0.0773. The van der Waals surface area contributed by atoms with E-state index >= 15 is 0 Å². The van der Waals surface area contributed by atoms with E-state index in [2.05, 4.69) is 47.7 Å². The molecule has 1 saturated carbocycles. The van der Waals surface area contributed by atoms with Gasteiger partial charge in [0.15, 0.2) is 0 Å². The van der Waals surface area contributed by atoms with Crippen LogP contribution in [0.1, 0.15) is 53.7 Å². The van der Waals surface area contributed by atoms with Crippen LogP contribution in [0.15, 0.2) is 36.5 Å². The van der Waals surface area contributed by atoms with E-state index in [0.29, 0.717) is 11.7 Å². The zero-order valence-corrected chi connectivity index (χ0v) is 14.4. The lowest BCUT2D eigenvalue weighted by molar-refractivity contribution is 0.0922. The van der Waals surface area contributed by atoms with Crippen molar-refractivity contribution in [1.82, 2.24) is 10.3 Å². The van der Waals surface area contributed by atoms with Gasteiger partial charge in [-0.05, 0) is 56.0 Å². The van der Waals surface area contributed by atoms with Crippen molar-refractivity contribution in [3.05, 3.63) is 53.3 Å². The molecule has 0 saturated heterocycles. The summed E-state index contributed by atoms with van der Waals surface area (Å²) in [5.74, 6) is -0.0773. The molecule has 1 aromatic carbocycles. The molecule has 0 radical (unpaired) electrons. The molecule has 2 aromatic rings. The molecule has 24 heavy (non-hydrogen) atoms. The number of benzene rings is 1. The predicted octanol–water partition coefficient (Wildman–Crippen LogP) is 4.50. The molecule has 2 N–H and O–H groups in total. The summed E-state index contributed by atoms with van der Waals surface area (Å²) in [5, 5.41) is 6.51. The third-order valence-corrected chi connectivity index (χ3v) is 4.61. The van der Waals surface area contributed by atoms with Crippen LogP contribution in [0.3, 0.4) is 0 Å². The van der Waals surface area contributed by atoms with E-state index in [4.69, 9.17) is 0 Å². The van der Waals surface area contributed by atoms with Gasteiger partial charge in [0.1, 0.15) is 5.69 Å². The Kier molecular flexibility index (Phi) is 5.14. The fraction of sp³-hybridized carbons (Fsp3) is 0.400. The van der Waals surface area contributed by atoms with E-state index in [0.717, 1.165) is 24.2 Å². The van der Waals surface area contributed by atoms with Crippen molar-refractivity contribution in [3.63, 3.8) is 0 Å². The Morgan fingerprint density at radius 2 is 1.88 bits per heavy atom. The minimum Gasteiger partial charge on any atom is -0.355 e. The SMILES string of the molecule is Cc1ccc(C)c(Nc2ccnc(C(=O)NC3CCCCC3)c2)c1. The van der Waals surface area contributed by atoms with Gasteiger partial charge in [0.05, 0.1) is 0 Å². The molecule has 0 unspecified atom stereocenters. The molecule has 3 rings (SSSR count). The fourth-order valence-electron chi connectivity index (χ4n) is 3.16. The Labute approximate surface area is 143 Å². The van der Waals surface area contributed by atoms with E-state index in [-0.39, 0.29) is 5.91 Å². The van der Waals surface area contributed by atoms with Crippen LogP contribution in [0.5, 0.6) is 0 Å². The lowest BCUT2D eigenvalue weighted by Crippen LogP contribution is -2.36. The summed E-state index contributed by atoms with van der Waals surface area (Å²) >= 11 is 0. The van der Waals surface area contributed by atoms with Crippen LogP contribution in [0.25, 0.3) is 0 Å². The molecule has 1 aliphatic rings. The maximum absolute atomic E-state index is 12.4. The Morgan fingerprint density at radius 3 is 2.67 bits per heavy atom. The molecule has 0 bridgehead atoms. The van der Waals surface area contributed by atoms with Gasteiger partial charge in [-0.25, -0.2) is 0 Å². The summed E-state index contributed by atoms with van der Waals surface area (Å²) in [4.78, 5) is 16.7. The number of rotatable bonds is 4. The van der Waals surface area contributed by atoms with Gasteiger partial charge in [-0.2, -0.15) is 0 Å². The Hall–Kier alpha value is -2.36. The van der Waals surface area contributed by atoms with Crippen molar-refractivity contribution in [2.24, 2.45) is 0 Å². The molecule has 1 aliphatic carbocycles. The monoisotopic (exact) mass is 323 g/mol. The fourth-order valence-corrected chi connectivity index (χ4v) is 3.16. The van der Waals surface area contributed by atoms with Gasteiger partial charge in [0.2, 0.25) is 0 Å². The summed E-state index contributed by atoms with van der Waals surface area (Å²) in [5.41, 5.74) is 4.78. The van der Waals surface area contributed by atoms with Crippen molar-refractivity contribution < 1.29 is 4.79 Å². The van der Waals surface area contributed by atoms with Crippen LogP contribution < -0.4 is 10.6 Å². The lowest BCUT2D eigenvalue weighted by atomic mass is 9.95. The van der Waals surface area contributed by atoms with E-state index < -0.39 is 0 Å². The van der Waals surface area contributed by atoms with Gasteiger partial charge in [-0.3, -0.25) is 9.78 Å². The van der Waals surface area contributed by atoms with Gasteiger partial charge >= 0.3 is 0 Å². The van der Waals surface area contributed by atoms with E-state index in [1.54, 1.807) is 6.20 Å². The third kappa shape index (κ3) is 4.13. The second-order valence-electron chi connectivity index (χ2n) is 6.68. The summed E-state index contributed by atoms with van der Waals surface area (Å²) in [6, 6.07) is 10.3. The summed E-state index contributed by atoms with van der Waals surface area (Å²) < 4.78 is 0. The van der Waals surface area contributed by atoms with Crippen LogP contribution in [0, 0.1) is 13.8 Å². The summed E-state index contributed by atoms with van der Waals surface area (Å²) in [6.07, 6.45) is 7.51. The molecular weight excluding hydrogens is 298 g/mol. The quantitative estimate of drug-likeness (QED) is 0.870. The first-order valence-corrected chi connectivity index (χ1v) is 8.73. The molecule has 4 heteroatoms. The topological polar surface area (TPSA) is 54.0 Å². The molecular formula is C20H25N3O. The molecule has 1 heterocycles. The van der Waals surface area contributed by atoms with Crippen molar-refractivity contribution in [2.75, 3.05) is 5.32 Å². The molecule has 0 spiro atoms. The second-order valence-corrected chi connectivity index (χ2v) is 6.68. The van der Waals surface area contributed by atoms with Crippen molar-refractivity contribution in [3.8, 4) is 0 Å². The van der Waals surface area contributed by atoms with Crippen molar-refractivity contribution in [2.45, 2.75) is 52.0 Å². The molecule has 126 valence electrons. The van der Waals surface area contributed by atoms with E-state index in [1.807, 2.05) is 12.1 Å². The minimum atomic E-state index is -0.0773. The summed E-state index contributed by atoms with van der Waals surface area (Å²) in [6.45, 7) is 4.14. The number of amides is 1. The highest BCUT2D eigenvalue weighted by atomic mass is 16.1. The first-order chi connectivity index (χ1) is 11.6. The average molecular weight is 323 g/mol. The Balaban J connectivity index is 1.71. The highest BCUT2D eigenvalue weighted by Gasteiger charge is 2.17. The molecule has 4 nitrogen and oxygen atoms in total. The third-order valence-electron chi connectivity index (χ3n) is 4.61. The van der Waals surface area contributed by atoms with Crippen molar-refractivity contribution in [1.29, 1.82) is 0 Å². The smallest absolute Gasteiger partial charge is 0.270 e. The van der Waals surface area contributed by atoms with Gasteiger partial charge in [0, 0.05) is 23.6 Å². The van der Waals surface area contributed by atoms with Crippen LogP contribution in [-0.2, 0) is 0 Å². The molecule has 1 fully saturated rings. The standard InChI is InChI=1S/C20H25N3O/c1-14-8-9-15(2)18(12-14)22-17-10-11-21-19(13-17)20(24)23-16-6-4-3-5-7-16/h8-13,16H,3-7H2,1-2H3,(H,21,22)(H,23,24).